The molecule has 4 rings (SSSR count). The summed E-state index contributed by atoms with van der Waals surface area (Å²) in [5, 5.41) is 17.9. The van der Waals surface area contributed by atoms with Crippen LogP contribution in [0.4, 0.5) is 23.3 Å². The van der Waals surface area contributed by atoms with Gasteiger partial charge in [0.1, 0.15) is 18.1 Å². The van der Waals surface area contributed by atoms with Gasteiger partial charge < -0.3 is 19.9 Å². The minimum Gasteiger partial charge on any atom is -0.489 e. The summed E-state index contributed by atoms with van der Waals surface area (Å²) < 4.78 is 10.8. The molecule has 2 N–H and O–H groups in total. The topological polar surface area (TPSA) is 98.0 Å². The first kappa shape index (κ1) is 17.5. The van der Waals surface area contributed by atoms with Gasteiger partial charge in [-0.1, -0.05) is 35.5 Å². The second kappa shape index (κ2) is 8.17. The smallest absolute Gasteiger partial charge is 0.249 e. The van der Waals surface area contributed by atoms with Crippen molar-refractivity contribution in [2.75, 3.05) is 10.6 Å². The van der Waals surface area contributed by atoms with Crippen molar-refractivity contribution in [1.82, 2.24) is 20.3 Å². The van der Waals surface area contributed by atoms with Gasteiger partial charge in [-0.2, -0.15) is 10.1 Å². The molecule has 2 aromatic heterocycles. The SMILES string of the molecule is Cc1cc(Nc2cnnc(Nc3ccc(OCc4ccccc4)cc3)n2)no1. The van der Waals surface area contributed by atoms with Gasteiger partial charge in [-0.15, -0.1) is 5.10 Å². The Morgan fingerprint density at radius 3 is 2.54 bits per heavy atom. The quantitative estimate of drug-likeness (QED) is 0.496. The fraction of sp³-hybridized carbons (Fsp3) is 0.100. The van der Waals surface area contributed by atoms with Crippen molar-refractivity contribution in [3.8, 4) is 5.75 Å². The molecule has 2 aromatic carbocycles. The Bertz CT molecular complexity index is 1030. The van der Waals surface area contributed by atoms with Gasteiger partial charge in [-0.3, -0.25) is 0 Å². The molecule has 0 saturated carbocycles. The summed E-state index contributed by atoms with van der Waals surface area (Å²) in [6.07, 6.45) is 1.51. The average Bonchev–Trinajstić information content (AvgIpc) is 3.13. The summed E-state index contributed by atoms with van der Waals surface area (Å²) >= 11 is 0. The van der Waals surface area contributed by atoms with Gasteiger partial charge in [-0.25, -0.2) is 0 Å². The Kier molecular flexibility index (Phi) is 5.10. The van der Waals surface area contributed by atoms with Crippen LogP contribution in [0, 0.1) is 6.92 Å². The number of aryl methyl sites for hydroxylation is 1. The maximum atomic E-state index is 5.79. The molecule has 0 aliphatic heterocycles. The lowest BCUT2D eigenvalue weighted by atomic mass is 10.2. The summed E-state index contributed by atoms with van der Waals surface area (Å²) in [6.45, 7) is 2.34. The Morgan fingerprint density at radius 2 is 1.79 bits per heavy atom. The molecule has 4 aromatic rings. The van der Waals surface area contributed by atoms with Crippen molar-refractivity contribution in [1.29, 1.82) is 0 Å². The summed E-state index contributed by atoms with van der Waals surface area (Å²) in [6, 6.07) is 19.4. The van der Waals surface area contributed by atoms with E-state index >= 15 is 0 Å². The molecule has 0 bridgehead atoms. The highest BCUT2D eigenvalue weighted by atomic mass is 16.5. The molecule has 0 atom stereocenters. The largest absolute Gasteiger partial charge is 0.489 e. The number of nitrogens with one attached hydrogen (secondary N) is 2. The molecule has 0 aliphatic carbocycles. The van der Waals surface area contributed by atoms with Crippen LogP contribution in [-0.4, -0.2) is 20.3 Å². The lowest BCUT2D eigenvalue weighted by Gasteiger charge is -2.08. The number of hydrogen-bond donors (Lipinski definition) is 2. The Morgan fingerprint density at radius 1 is 0.964 bits per heavy atom. The fourth-order valence-electron chi connectivity index (χ4n) is 2.48. The van der Waals surface area contributed by atoms with E-state index in [1.807, 2.05) is 61.5 Å². The first-order chi connectivity index (χ1) is 13.7. The van der Waals surface area contributed by atoms with Crippen LogP contribution >= 0.6 is 0 Å². The number of rotatable bonds is 7. The number of anilines is 4. The molecule has 8 nitrogen and oxygen atoms in total. The van der Waals surface area contributed by atoms with Crippen LogP contribution in [-0.2, 0) is 6.61 Å². The first-order valence-corrected chi connectivity index (χ1v) is 8.68. The van der Waals surface area contributed by atoms with Crippen LogP contribution in [0.1, 0.15) is 11.3 Å². The van der Waals surface area contributed by atoms with Gasteiger partial charge in [0.05, 0.1) is 6.20 Å². The number of aromatic nitrogens is 4. The standard InChI is InChI=1S/C20H18N6O2/c1-14-11-18(26-28-14)23-19-12-21-25-20(24-19)22-16-7-9-17(10-8-16)27-13-15-5-3-2-4-6-15/h2-12H,13H2,1H3,(H2,22,23,24,25,26). The molecule has 8 heteroatoms. The van der Waals surface area contributed by atoms with Crippen LogP contribution < -0.4 is 15.4 Å². The maximum absolute atomic E-state index is 5.79. The third kappa shape index (κ3) is 4.61. The summed E-state index contributed by atoms with van der Waals surface area (Å²) in [4.78, 5) is 4.36. The monoisotopic (exact) mass is 374 g/mol. The molecular weight excluding hydrogens is 356 g/mol. The lowest BCUT2D eigenvalue weighted by molar-refractivity contribution is 0.306. The molecular formula is C20H18N6O2. The van der Waals surface area contributed by atoms with Crippen LogP contribution in [0.25, 0.3) is 0 Å². The summed E-state index contributed by atoms with van der Waals surface area (Å²) in [5.74, 6) is 2.92. The van der Waals surface area contributed by atoms with Gasteiger partial charge in [0.25, 0.3) is 0 Å². The second-order valence-corrected chi connectivity index (χ2v) is 6.04. The fourth-order valence-corrected chi connectivity index (χ4v) is 2.48. The van der Waals surface area contributed by atoms with Crippen molar-refractivity contribution < 1.29 is 9.26 Å². The van der Waals surface area contributed by atoms with Crippen molar-refractivity contribution in [2.45, 2.75) is 13.5 Å². The summed E-state index contributed by atoms with van der Waals surface area (Å²) in [7, 11) is 0. The first-order valence-electron chi connectivity index (χ1n) is 8.68. The molecule has 0 amide bonds. The van der Waals surface area contributed by atoms with E-state index in [1.54, 1.807) is 6.07 Å². The number of benzene rings is 2. The van der Waals surface area contributed by atoms with Gasteiger partial charge in [-0.05, 0) is 36.8 Å². The third-order valence-corrected chi connectivity index (χ3v) is 3.80. The van der Waals surface area contributed by atoms with Gasteiger partial charge in [0.2, 0.25) is 5.95 Å². The van der Waals surface area contributed by atoms with E-state index in [0.29, 0.717) is 30.0 Å². The van der Waals surface area contributed by atoms with E-state index < -0.39 is 0 Å². The van der Waals surface area contributed by atoms with Crippen molar-refractivity contribution in [3.63, 3.8) is 0 Å². The van der Waals surface area contributed by atoms with E-state index in [2.05, 4.69) is 31.0 Å². The van der Waals surface area contributed by atoms with Gasteiger partial charge >= 0.3 is 0 Å². The zero-order chi connectivity index (χ0) is 19.2. The van der Waals surface area contributed by atoms with Gasteiger partial charge in [0, 0.05) is 11.8 Å². The van der Waals surface area contributed by atoms with E-state index in [0.717, 1.165) is 17.0 Å². The van der Waals surface area contributed by atoms with E-state index in [9.17, 15) is 0 Å². The molecule has 28 heavy (non-hydrogen) atoms. The van der Waals surface area contributed by atoms with Gasteiger partial charge in [0.15, 0.2) is 11.6 Å². The molecule has 0 radical (unpaired) electrons. The Labute approximate surface area is 161 Å². The minimum absolute atomic E-state index is 0.364. The predicted octanol–water partition coefficient (Wildman–Crippen LogP) is 4.23. The van der Waals surface area contributed by atoms with Crippen molar-refractivity contribution >= 4 is 23.3 Å². The highest BCUT2D eigenvalue weighted by Crippen LogP contribution is 2.20. The highest BCUT2D eigenvalue weighted by Gasteiger charge is 2.05. The number of ether oxygens (including phenoxy) is 1. The summed E-state index contributed by atoms with van der Waals surface area (Å²) in [5.41, 5.74) is 1.94. The molecule has 0 aliphatic rings. The Hall–Kier alpha value is -3.94. The molecule has 0 spiro atoms. The van der Waals surface area contributed by atoms with E-state index in [1.165, 1.54) is 6.20 Å². The van der Waals surface area contributed by atoms with Crippen LogP contribution in [0.2, 0.25) is 0 Å². The number of hydrogen-bond acceptors (Lipinski definition) is 8. The molecule has 0 unspecified atom stereocenters. The van der Waals surface area contributed by atoms with Crippen LogP contribution in [0.3, 0.4) is 0 Å². The van der Waals surface area contributed by atoms with Crippen molar-refractivity contribution in [2.24, 2.45) is 0 Å². The zero-order valence-corrected chi connectivity index (χ0v) is 15.2. The molecule has 0 saturated heterocycles. The normalized spacial score (nSPS) is 10.5. The van der Waals surface area contributed by atoms with E-state index in [-0.39, 0.29) is 0 Å². The highest BCUT2D eigenvalue weighted by molar-refractivity contribution is 5.57. The zero-order valence-electron chi connectivity index (χ0n) is 15.2. The number of nitrogens with zero attached hydrogens (tertiary/aromatic N) is 4. The third-order valence-electron chi connectivity index (χ3n) is 3.80. The van der Waals surface area contributed by atoms with E-state index in [4.69, 9.17) is 9.26 Å². The molecule has 2 heterocycles. The second-order valence-electron chi connectivity index (χ2n) is 6.04. The maximum Gasteiger partial charge on any atom is 0.249 e. The molecule has 0 fully saturated rings. The predicted molar refractivity (Wildman–Crippen MR) is 105 cm³/mol. The van der Waals surface area contributed by atoms with Crippen LogP contribution in [0.5, 0.6) is 5.75 Å². The van der Waals surface area contributed by atoms with Crippen LogP contribution in [0.15, 0.2) is 71.4 Å². The Balaban J connectivity index is 1.37. The lowest BCUT2D eigenvalue weighted by Crippen LogP contribution is -2.02. The minimum atomic E-state index is 0.364. The average molecular weight is 374 g/mol. The molecule has 140 valence electrons. The van der Waals surface area contributed by atoms with Crippen molar-refractivity contribution in [3.05, 3.63) is 78.2 Å².